The first kappa shape index (κ1) is 11.7. The molecule has 3 aromatic rings. The summed E-state index contributed by atoms with van der Waals surface area (Å²) in [4.78, 5) is 8.73. The van der Waals surface area contributed by atoms with Crippen molar-refractivity contribution in [1.29, 1.82) is 0 Å². The number of rotatable bonds is 3. The quantitative estimate of drug-likeness (QED) is 0.779. The fourth-order valence-corrected chi connectivity index (χ4v) is 2.38. The van der Waals surface area contributed by atoms with Crippen LogP contribution in [0.4, 0.5) is 5.69 Å². The van der Waals surface area contributed by atoms with E-state index in [9.17, 15) is 0 Å². The summed E-state index contributed by atoms with van der Waals surface area (Å²) in [6.45, 7) is 3.04. The fourth-order valence-electron chi connectivity index (χ4n) is 2.38. The van der Waals surface area contributed by atoms with E-state index in [1.807, 2.05) is 24.3 Å². The molecule has 0 aliphatic heterocycles. The van der Waals surface area contributed by atoms with Crippen LogP contribution in [0.5, 0.6) is 0 Å². The van der Waals surface area contributed by atoms with Gasteiger partial charge in [-0.15, -0.1) is 0 Å². The molecule has 0 aliphatic carbocycles. The highest BCUT2D eigenvalue weighted by Crippen LogP contribution is 2.20. The highest BCUT2D eigenvalue weighted by Gasteiger charge is 2.10. The summed E-state index contributed by atoms with van der Waals surface area (Å²) >= 11 is 0. The molecule has 0 atom stereocenters. The summed E-state index contributed by atoms with van der Waals surface area (Å²) < 4.78 is 2.23. The molecule has 96 valence electrons. The molecule has 0 radical (unpaired) electrons. The molecule has 0 saturated carbocycles. The van der Waals surface area contributed by atoms with Crippen molar-refractivity contribution < 1.29 is 0 Å². The lowest BCUT2D eigenvalue weighted by molar-refractivity contribution is 0.734. The average Bonchev–Trinajstić information content (AvgIpc) is 2.78. The van der Waals surface area contributed by atoms with Crippen molar-refractivity contribution in [2.24, 2.45) is 0 Å². The molecule has 0 fully saturated rings. The van der Waals surface area contributed by atoms with Crippen molar-refractivity contribution in [3.63, 3.8) is 0 Å². The molecule has 4 heteroatoms. The summed E-state index contributed by atoms with van der Waals surface area (Å²) in [5.74, 6) is 1.04. The number of aryl methyl sites for hydroxylation is 1. The molecule has 0 unspecified atom stereocenters. The Morgan fingerprint density at radius 1 is 1.21 bits per heavy atom. The van der Waals surface area contributed by atoms with Gasteiger partial charge in [-0.05, 0) is 30.7 Å². The monoisotopic (exact) mass is 252 g/mol. The standard InChI is InChI=1S/C15H16N4/c1-2-19-14-6-4-3-5-13(14)18-15(19)9-11-7-8-17-10-12(11)16/h3-8,10H,2,9,16H2,1H3. The van der Waals surface area contributed by atoms with Gasteiger partial charge in [-0.25, -0.2) is 4.98 Å². The van der Waals surface area contributed by atoms with Gasteiger partial charge in [0.05, 0.1) is 22.9 Å². The van der Waals surface area contributed by atoms with Crippen LogP contribution in [-0.2, 0) is 13.0 Å². The van der Waals surface area contributed by atoms with E-state index in [0.29, 0.717) is 0 Å². The number of para-hydroxylation sites is 2. The number of imidazole rings is 1. The molecule has 4 nitrogen and oxygen atoms in total. The van der Waals surface area contributed by atoms with Crippen LogP contribution < -0.4 is 5.73 Å². The first-order valence-electron chi connectivity index (χ1n) is 6.42. The van der Waals surface area contributed by atoms with Gasteiger partial charge in [0.15, 0.2) is 0 Å². The molecule has 0 bridgehead atoms. The van der Waals surface area contributed by atoms with E-state index in [-0.39, 0.29) is 0 Å². The number of anilines is 1. The molecular formula is C15H16N4. The number of fused-ring (bicyclic) bond motifs is 1. The second-order valence-corrected chi connectivity index (χ2v) is 4.51. The summed E-state index contributed by atoms with van der Waals surface area (Å²) in [6, 6.07) is 10.2. The number of pyridine rings is 1. The zero-order valence-electron chi connectivity index (χ0n) is 10.9. The van der Waals surface area contributed by atoms with Gasteiger partial charge < -0.3 is 10.3 Å². The summed E-state index contributed by atoms with van der Waals surface area (Å²) in [5.41, 5.74) is 9.95. The normalized spacial score (nSPS) is 11.0. The van der Waals surface area contributed by atoms with E-state index >= 15 is 0 Å². The molecular weight excluding hydrogens is 236 g/mol. The Bertz CT molecular complexity index is 715. The van der Waals surface area contributed by atoms with Crippen molar-refractivity contribution in [2.75, 3.05) is 5.73 Å². The van der Waals surface area contributed by atoms with Gasteiger partial charge in [0.1, 0.15) is 5.82 Å². The smallest absolute Gasteiger partial charge is 0.114 e. The molecule has 3 rings (SSSR count). The van der Waals surface area contributed by atoms with E-state index in [2.05, 4.69) is 22.5 Å². The molecule has 0 aliphatic rings. The summed E-state index contributed by atoms with van der Waals surface area (Å²) in [7, 11) is 0. The topological polar surface area (TPSA) is 56.7 Å². The Kier molecular flexibility index (Phi) is 2.91. The molecule has 0 saturated heterocycles. The van der Waals surface area contributed by atoms with Gasteiger partial charge in [-0.1, -0.05) is 12.1 Å². The van der Waals surface area contributed by atoms with E-state index in [1.165, 1.54) is 5.52 Å². The summed E-state index contributed by atoms with van der Waals surface area (Å²) in [5, 5.41) is 0. The Labute approximate surface area is 111 Å². The number of hydrogen-bond donors (Lipinski definition) is 1. The average molecular weight is 252 g/mol. The third-order valence-corrected chi connectivity index (χ3v) is 3.34. The van der Waals surface area contributed by atoms with Crippen LogP contribution in [-0.4, -0.2) is 14.5 Å². The molecule has 0 amide bonds. The van der Waals surface area contributed by atoms with Crippen molar-refractivity contribution in [3.8, 4) is 0 Å². The Morgan fingerprint density at radius 2 is 2.05 bits per heavy atom. The minimum absolute atomic E-state index is 0.720. The maximum absolute atomic E-state index is 5.95. The van der Waals surface area contributed by atoms with Crippen molar-refractivity contribution in [3.05, 3.63) is 54.1 Å². The van der Waals surface area contributed by atoms with Crippen molar-refractivity contribution >= 4 is 16.7 Å². The van der Waals surface area contributed by atoms with Crippen LogP contribution in [0.1, 0.15) is 18.3 Å². The van der Waals surface area contributed by atoms with Crippen LogP contribution >= 0.6 is 0 Å². The molecule has 0 spiro atoms. The maximum Gasteiger partial charge on any atom is 0.114 e. The second-order valence-electron chi connectivity index (χ2n) is 4.51. The minimum atomic E-state index is 0.720. The van der Waals surface area contributed by atoms with Crippen LogP contribution in [0.3, 0.4) is 0 Å². The highest BCUT2D eigenvalue weighted by atomic mass is 15.1. The van der Waals surface area contributed by atoms with E-state index < -0.39 is 0 Å². The lowest BCUT2D eigenvalue weighted by atomic mass is 10.1. The predicted octanol–water partition coefficient (Wildman–Crippen LogP) is 2.62. The Hall–Kier alpha value is -2.36. The molecule has 2 aromatic heterocycles. The minimum Gasteiger partial charge on any atom is -0.397 e. The Balaban J connectivity index is 2.08. The number of hydrogen-bond acceptors (Lipinski definition) is 3. The third-order valence-electron chi connectivity index (χ3n) is 3.34. The zero-order valence-corrected chi connectivity index (χ0v) is 10.9. The van der Waals surface area contributed by atoms with Gasteiger partial charge in [-0.3, -0.25) is 4.98 Å². The van der Waals surface area contributed by atoms with Gasteiger partial charge >= 0.3 is 0 Å². The van der Waals surface area contributed by atoms with E-state index in [0.717, 1.165) is 35.6 Å². The number of nitrogens with zero attached hydrogens (tertiary/aromatic N) is 3. The van der Waals surface area contributed by atoms with Crippen LogP contribution in [0.15, 0.2) is 42.7 Å². The number of benzene rings is 1. The van der Waals surface area contributed by atoms with Crippen molar-refractivity contribution in [2.45, 2.75) is 19.9 Å². The maximum atomic E-state index is 5.95. The summed E-state index contributed by atoms with van der Waals surface area (Å²) in [6.07, 6.45) is 4.19. The van der Waals surface area contributed by atoms with E-state index in [4.69, 9.17) is 10.7 Å². The molecule has 19 heavy (non-hydrogen) atoms. The molecule has 1 aromatic carbocycles. The van der Waals surface area contributed by atoms with Gasteiger partial charge in [0.2, 0.25) is 0 Å². The predicted molar refractivity (Wildman–Crippen MR) is 76.9 cm³/mol. The number of nitrogen functional groups attached to an aromatic ring is 1. The zero-order chi connectivity index (χ0) is 13.2. The van der Waals surface area contributed by atoms with Crippen molar-refractivity contribution in [1.82, 2.24) is 14.5 Å². The molecule has 2 heterocycles. The van der Waals surface area contributed by atoms with Crippen LogP contribution in [0.25, 0.3) is 11.0 Å². The lowest BCUT2D eigenvalue weighted by Crippen LogP contribution is -2.04. The lowest BCUT2D eigenvalue weighted by Gasteiger charge is -2.07. The number of aromatic nitrogens is 3. The van der Waals surface area contributed by atoms with Crippen LogP contribution in [0.2, 0.25) is 0 Å². The first-order chi connectivity index (χ1) is 9.29. The van der Waals surface area contributed by atoms with Gasteiger partial charge in [0, 0.05) is 19.2 Å². The number of nitrogens with two attached hydrogens (primary N) is 1. The van der Waals surface area contributed by atoms with Crippen LogP contribution in [0, 0.1) is 0 Å². The van der Waals surface area contributed by atoms with E-state index in [1.54, 1.807) is 12.4 Å². The van der Waals surface area contributed by atoms with Gasteiger partial charge in [-0.2, -0.15) is 0 Å². The molecule has 2 N–H and O–H groups in total. The Morgan fingerprint density at radius 3 is 2.84 bits per heavy atom. The first-order valence-corrected chi connectivity index (χ1v) is 6.42. The van der Waals surface area contributed by atoms with Gasteiger partial charge in [0.25, 0.3) is 0 Å². The second kappa shape index (κ2) is 4.72. The fraction of sp³-hybridized carbons (Fsp3) is 0.200. The SMILES string of the molecule is CCn1c(Cc2ccncc2N)nc2ccccc21. The highest BCUT2D eigenvalue weighted by molar-refractivity contribution is 5.76. The third kappa shape index (κ3) is 2.05. The largest absolute Gasteiger partial charge is 0.397 e.